The van der Waals surface area contributed by atoms with E-state index < -0.39 is 4.92 Å². The van der Waals surface area contributed by atoms with Crippen LogP contribution in [-0.2, 0) is 6.42 Å². The maximum Gasteiger partial charge on any atom is 0.290 e. The molecule has 0 N–H and O–H groups in total. The maximum atomic E-state index is 10.5. The van der Waals surface area contributed by atoms with E-state index in [0.717, 1.165) is 0 Å². The van der Waals surface area contributed by atoms with Gasteiger partial charge in [0.05, 0.1) is 15.0 Å². The van der Waals surface area contributed by atoms with Crippen LogP contribution in [0.15, 0.2) is 6.07 Å². The molecule has 1 aromatic rings. The number of rotatable bonds is 2. The molecule has 0 aliphatic rings. The van der Waals surface area contributed by atoms with Gasteiger partial charge in [-0.2, -0.15) is 0 Å². The quantitative estimate of drug-likeness (QED) is 0.453. The number of benzene rings is 1. The average Bonchev–Trinajstić information content (AvgIpc) is 2.12. The molecule has 0 radical (unpaired) electrons. The summed E-state index contributed by atoms with van der Waals surface area (Å²) in [5.74, 6) is 0. The van der Waals surface area contributed by atoms with E-state index >= 15 is 0 Å². The van der Waals surface area contributed by atoms with E-state index in [0.29, 0.717) is 12.0 Å². The van der Waals surface area contributed by atoms with Gasteiger partial charge in [-0.3, -0.25) is 10.1 Å². The summed E-state index contributed by atoms with van der Waals surface area (Å²) in [5.41, 5.74) is 0.364. The van der Waals surface area contributed by atoms with Crippen LogP contribution in [0.4, 0.5) is 5.69 Å². The van der Waals surface area contributed by atoms with Crippen LogP contribution in [0.2, 0.25) is 15.1 Å². The summed E-state index contributed by atoms with van der Waals surface area (Å²) in [6.45, 7) is 1.84. The third-order valence-electron chi connectivity index (χ3n) is 1.78. The molecule has 0 saturated heterocycles. The highest BCUT2D eigenvalue weighted by Gasteiger charge is 2.20. The van der Waals surface area contributed by atoms with Crippen LogP contribution < -0.4 is 0 Å². The minimum atomic E-state index is -0.612. The fourth-order valence-electron chi connectivity index (χ4n) is 1.08. The molecule has 0 heterocycles. The van der Waals surface area contributed by atoms with Gasteiger partial charge in [-0.25, -0.2) is 0 Å². The zero-order valence-corrected chi connectivity index (χ0v) is 9.45. The van der Waals surface area contributed by atoms with E-state index in [4.69, 9.17) is 34.8 Å². The van der Waals surface area contributed by atoms with Gasteiger partial charge in [0.2, 0.25) is 0 Å². The smallest absolute Gasteiger partial charge is 0.258 e. The summed E-state index contributed by atoms with van der Waals surface area (Å²) >= 11 is 17.3. The van der Waals surface area contributed by atoms with E-state index in [2.05, 4.69) is 0 Å². The minimum absolute atomic E-state index is 0.0575. The maximum absolute atomic E-state index is 10.5. The molecular weight excluding hydrogens is 248 g/mol. The van der Waals surface area contributed by atoms with Gasteiger partial charge in [-0.05, 0) is 12.0 Å². The molecule has 0 aromatic heterocycles. The highest BCUT2D eigenvalue weighted by atomic mass is 35.5. The average molecular weight is 254 g/mol. The van der Waals surface area contributed by atoms with Crippen molar-refractivity contribution in [3.8, 4) is 0 Å². The Morgan fingerprint density at radius 2 is 1.93 bits per heavy atom. The van der Waals surface area contributed by atoms with Gasteiger partial charge in [-0.1, -0.05) is 41.7 Å². The summed E-state index contributed by atoms with van der Waals surface area (Å²) in [5, 5.41) is 10.9. The monoisotopic (exact) mass is 253 g/mol. The topological polar surface area (TPSA) is 43.1 Å². The van der Waals surface area contributed by atoms with Crippen molar-refractivity contribution in [2.24, 2.45) is 0 Å². The van der Waals surface area contributed by atoms with Crippen LogP contribution in [0.3, 0.4) is 0 Å². The van der Waals surface area contributed by atoms with Crippen molar-refractivity contribution in [3.05, 3.63) is 36.8 Å². The molecule has 0 amide bonds. The molecule has 76 valence electrons. The Kier molecular flexibility index (Phi) is 3.59. The zero-order valence-electron chi connectivity index (χ0n) is 7.18. The predicted octanol–water partition coefficient (Wildman–Crippen LogP) is 4.12. The second-order valence-corrected chi connectivity index (χ2v) is 3.76. The lowest BCUT2D eigenvalue weighted by molar-refractivity contribution is -0.384. The highest BCUT2D eigenvalue weighted by Crippen LogP contribution is 2.38. The lowest BCUT2D eigenvalue weighted by Gasteiger charge is -2.06. The molecule has 0 bridgehead atoms. The first-order chi connectivity index (χ1) is 6.49. The minimum Gasteiger partial charge on any atom is -0.258 e. The highest BCUT2D eigenvalue weighted by molar-refractivity contribution is 6.45. The zero-order chi connectivity index (χ0) is 10.9. The lowest BCUT2D eigenvalue weighted by Crippen LogP contribution is -1.93. The Labute approximate surface area is 95.7 Å². The molecule has 1 rings (SSSR count). The third kappa shape index (κ3) is 1.95. The molecule has 0 saturated carbocycles. The molecule has 1 aromatic carbocycles. The van der Waals surface area contributed by atoms with Gasteiger partial charge < -0.3 is 0 Å². The Bertz CT molecular complexity index is 393. The first kappa shape index (κ1) is 11.6. The summed E-state index contributed by atoms with van der Waals surface area (Å²) in [7, 11) is 0. The van der Waals surface area contributed by atoms with Crippen LogP contribution in [0.1, 0.15) is 12.5 Å². The van der Waals surface area contributed by atoms with E-state index in [1.807, 2.05) is 6.92 Å². The number of hydrogen-bond donors (Lipinski definition) is 0. The van der Waals surface area contributed by atoms with Crippen molar-refractivity contribution < 1.29 is 4.92 Å². The van der Waals surface area contributed by atoms with E-state index in [1.165, 1.54) is 6.07 Å². The summed E-state index contributed by atoms with van der Waals surface area (Å²) < 4.78 is 0. The first-order valence-electron chi connectivity index (χ1n) is 3.79. The molecule has 14 heavy (non-hydrogen) atoms. The number of hydrogen-bond acceptors (Lipinski definition) is 2. The van der Waals surface area contributed by atoms with Crippen molar-refractivity contribution in [2.75, 3.05) is 0 Å². The first-order valence-corrected chi connectivity index (χ1v) is 4.93. The van der Waals surface area contributed by atoms with Crippen LogP contribution in [0.25, 0.3) is 0 Å². The molecule has 0 unspecified atom stereocenters. The van der Waals surface area contributed by atoms with Gasteiger partial charge in [0, 0.05) is 6.07 Å². The molecule has 0 aliphatic heterocycles. The number of nitro groups is 1. The predicted molar refractivity (Wildman–Crippen MR) is 57.5 cm³/mol. The molecule has 0 fully saturated rings. The molecular formula is C8H6Cl3NO2. The van der Waals surface area contributed by atoms with E-state index in [1.54, 1.807) is 0 Å². The molecule has 0 aliphatic carbocycles. The van der Waals surface area contributed by atoms with Gasteiger partial charge in [0.25, 0.3) is 5.69 Å². The summed E-state index contributed by atoms with van der Waals surface area (Å²) in [6.07, 6.45) is 0.579. The lowest BCUT2D eigenvalue weighted by atomic mass is 10.1. The Morgan fingerprint density at radius 3 is 2.36 bits per heavy atom. The van der Waals surface area contributed by atoms with Gasteiger partial charge in [0.15, 0.2) is 0 Å². The number of nitro benzene ring substituents is 1. The Balaban J connectivity index is 3.47. The fraction of sp³-hybridized carbons (Fsp3) is 0.250. The summed E-state index contributed by atoms with van der Waals surface area (Å²) in [6, 6.07) is 1.22. The number of nitrogens with zero attached hydrogens (tertiary/aromatic N) is 1. The molecule has 3 nitrogen and oxygen atoms in total. The van der Waals surface area contributed by atoms with Crippen LogP contribution >= 0.6 is 34.8 Å². The van der Waals surface area contributed by atoms with Gasteiger partial charge in [-0.15, -0.1) is 0 Å². The van der Waals surface area contributed by atoms with Gasteiger partial charge >= 0.3 is 0 Å². The normalized spacial score (nSPS) is 10.3. The van der Waals surface area contributed by atoms with E-state index in [9.17, 15) is 10.1 Å². The van der Waals surface area contributed by atoms with Crippen molar-refractivity contribution in [2.45, 2.75) is 13.3 Å². The second-order valence-electron chi connectivity index (χ2n) is 2.59. The van der Waals surface area contributed by atoms with Gasteiger partial charge in [0.1, 0.15) is 5.02 Å². The van der Waals surface area contributed by atoms with Crippen molar-refractivity contribution in [1.29, 1.82) is 0 Å². The van der Waals surface area contributed by atoms with Crippen molar-refractivity contribution >= 4 is 40.5 Å². The van der Waals surface area contributed by atoms with Crippen LogP contribution in [0, 0.1) is 10.1 Å². The largest absolute Gasteiger partial charge is 0.290 e. The second kappa shape index (κ2) is 4.34. The molecule has 0 atom stereocenters. The van der Waals surface area contributed by atoms with Crippen molar-refractivity contribution in [1.82, 2.24) is 0 Å². The SMILES string of the molecule is CCc1c(Cl)cc([N+](=O)[O-])c(Cl)c1Cl. The van der Waals surface area contributed by atoms with Crippen LogP contribution in [-0.4, -0.2) is 4.92 Å². The van der Waals surface area contributed by atoms with E-state index in [-0.39, 0.29) is 20.8 Å². The van der Waals surface area contributed by atoms with Crippen LogP contribution in [0.5, 0.6) is 0 Å². The summed E-state index contributed by atoms with van der Waals surface area (Å²) in [4.78, 5) is 9.92. The van der Waals surface area contributed by atoms with Crippen molar-refractivity contribution in [3.63, 3.8) is 0 Å². The fourth-order valence-corrected chi connectivity index (χ4v) is 2.03. The Hall–Kier alpha value is -0.510. The third-order valence-corrected chi connectivity index (χ3v) is 3.02. The Morgan fingerprint density at radius 1 is 1.36 bits per heavy atom. The standard InChI is InChI=1S/C8H6Cl3NO2/c1-2-4-5(9)3-6(12(13)14)8(11)7(4)10/h3H,2H2,1H3. The number of halogens is 3. The molecule has 0 spiro atoms. The molecule has 6 heteroatoms.